The van der Waals surface area contributed by atoms with Crippen molar-refractivity contribution in [1.29, 1.82) is 0 Å². The molecule has 1 aromatic carbocycles. The Morgan fingerprint density at radius 2 is 1.79 bits per heavy atom. The summed E-state index contributed by atoms with van der Waals surface area (Å²) in [5.41, 5.74) is 1.11. The van der Waals surface area contributed by atoms with Crippen molar-refractivity contribution in [3.05, 3.63) is 35.9 Å². The maximum absolute atomic E-state index is 11.8. The van der Waals surface area contributed by atoms with Crippen LogP contribution in [0.25, 0.3) is 0 Å². The molecule has 0 aliphatic heterocycles. The lowest BCUT2D eigenvalue weighted by atomic mass is 10.2. The summed E-state index contributed by atoms with van der Waals surface area (Å²) >= 11 is 0. The molecule has 5 nitrogen and oxygen atoms in total. The zero-order valence-corrected chi connectivity index (χ0v) is 17.1. The zero-order chi connectivity index (χ0) is 16.8. The summed E-state index contributed by atoms with van der Waals surface area (Å²) in [5.74, 6) is 0.836. The van der Waals surface area contributed by atoms with E-state index >= 15 is 0 Å². The molecule has 136 valence electrons. The van der Waals surface area contributed by atoms with Gasteiger partial charge in [-0.2, -0.15) is 0 Å². The fourth-order valence-corrected chi connectivity index (χ4v) is 2.07. The lowest BCUT2D eigenvalue weighted by Gasteiger charge is -2.11. The normalized spacial score (nSPS) is 10.7. The predicted octanol–water partition coefficient (Wildman–Crippen LogP) is 3.06. The Labute approximate surface area is 163 Å². The van der Waals surface area contributed by atoms with Crippen molar-refractivity contribution in [3.8, 4) is 0 Å². The molecular weight excluding hydrogens is 415 g/mol. The average Bonchev–Trinajstić information content (AvgIpc) is 2.58. The van der Waals surface area contributed by atoms with Crippen molar-refractivity contribution in [2.24, 2.45) is 4.99 Å². The molecule has 3 N–H and O–H groups in total. The highest BCUT2D eigenvalue weighted by Crippen LogP contribution is 1.97. The summed E-state index contributed by atoms with van der Waals surface area (Å²) in [6.45, 7) is 7.02. The first kappa shape index (κ1) is 22.7. The summed E-state index contributed by atoms with van der Waals surface area (Å²) in [4.78, 5) is 16.3. The molecule has 1 rings (SSSR count). The molecule has 1 amide bonds. The van der Waals surface area contributed by atoms with Crippen LogP contribution in [0.15, 0.2) is 35.3 Å². The first-order valence-corrected chi connectivity index (χ1v) is 8.59. The summed E-state index contributed by atoms with van der Waals surface area (Å²) in [5, 5.41) is 9.33. The van der Waals surface area contributed by atoms with Gasteiger partial charge in [0.1, 0.15) is 0 Å². The van der Waals surface area contributed by atoms with Crippen LogP contribution in [0.5, 0.6) is 0 Å². The molecule has 0 bridgehead atoms. The van der Waals surface area contributed by atoms with E-state index in [0.717, 1.165) is 31.0 Å². The highest BCUT2D eigenvalue weighted by atomic mass is 127. The van der Waals surface area contributed by atoms with Gasteiger partial charge in [-0.1, -0.05) is 50.1 Å². The number of amides is 1. The third-order valence-corrected chi connectivity index (χ3v) is 3.35. The van der Waals surface area contributed by atoms with Crippen LogP contribution in [0, 0.1) is 0 Å². The van der Waals surface area contributed by atoms with Crippen molar-refractivity contribution < 1.29 is 4.79 Å². The van der Waals surface area contributed by atoms with E-state index in [4.69, 9.17) is 0 Å². The van der Waals surface area contributed by atoms with Crippen LogP contribution in [-0.2, 0) is 11.3 Å². The number of carbonyl (C=O) groups excluding carboxylic acids is 1. The summed E-state index contributed by atoms with van der Waals surface area (Å²) in [6, 6.07) is 9.92. The minimum Gasteiger partial charge on any atom is -0.357 e. The van der Waals surface area contributed by atoms with Gasteiger partial charge in [0.15, 0.2) is 5.96 Å². The Kier molecular flexibility index (Phi) is 14.4. The van der Waals surface area contributed by atoms with Gasteiger partial charge in [0.05, 0.1) is 0 Å². The number of benzene rings is 1. The van der Waals surface area contributed by atoms with Crippen LogP contribution >= 0.6 is 24.0 Å². The van der Waals surface area contributed by atoms with E-state index in [-0.39, 0.29) is 29.9 Å². The molecule has 0 aromatic heterocycles. The minimum absolute atomic E-state index is 0. The molecule has 1 aromatic rings. The number of hydrogen-bond donors (Lipinski definition) is 3. The molecule has 0 unspecified atom stereocenters. The van der Waals surface area contributed by atoms with Gasteiger partial charge in [0, 0.05) is 32.6 Å². The molecular formula is C18H31IN4O. The fourth-order valence-electron chi connectivity index (χ4n) is 2.07. The molecule has 0 radical (unpaired) electrons. The van der Waals surface area contributed by atoms with Gasteiger partial charge in [-0.15, -0.1) is 24.0 Å². The van der Waals surface area contributed by atoms with Crippen LogP contribution in [-0.4, -0.2) is 31.5 Å². The lowest BCUT2D eigenvalue weighted by molar-refractivity contribution is -0.121. The first-order chi connectivity index (χ1) is 11.3. The maximum atomic E-state index is 11.8. The Balaban J connectivity index is 0.00000529. The second kappa shape index (κ2) is 15.2. The van der Waals surface area contributed by atoms with Gasteiger partial charge < -0.3 is 16.0 Å². The van der Waals surface area contributed by atoms with E-state index in [1.807, 2.05) is 37.3 Å². The molecule has 6 heteroatoms. The van der Waals surface area contributed by atoms with Gasteiger partial charge in [0.2, 0.25) is 5.91 Å². The SMILES string of the molecule is CCCCCN=C(NCC)NCCC(=O)NCc1ccccc1.I. The molecule has 0 heterocycles. The topological polar surface area (TPSA) is 65.5 Å². The Morgan fingerprint density at radius 1 is 1.04 bits per heavy atom. The largest absolute Gasteiger partial charge is 0.357 e. The van der Waals surface area contributed by atoms with E-state index in [0.29, 0.717) is 19.5 Å². The second-order valence-electron chi connectivity index (χ2n) is 5.41. The lowest BCUT2D eigenvalue weighted by Crippen LogP contribution is -2.39. The van der Waals surface area contributed by atoms with Crippen molar-refractivity contribution in [2.45, 2.75) is 46.1 Å². The van der Waals surface area contributed by atoms with E-state index in [9.17, 15) is 4.79 Å². The van der Waals surface area contributed by atoms with Gasteiger partial charge in [0.25, 0.3) is 0 Å². The van der Waals surface area contributed by atoms with E-state index < -0.39 is 0 Å². The Bertz CT molecular complexity index is 465. The predicted molar refractivity (Wildman–Crippen MR) is 112 cm³/mol. The van der Waals surface area contributed by atoms with Gasteiger partial charge in [-0.05, 0) is 18.9 Å². The number of rotatable bonds is 10. The average molecular weight is 446 g/mol. The molecule has 0 aliphatic rings. The van der Waals surface area contributed by atoms with E-state index in [2.05, 4.69) is 27.9 Å². The number of hydrogen-bond acceptors (Lipinski definition) is 2. The quantitative estimate of drug-likeness (QED) is 0.224. The smallest absolute Gasteiger partial charge is 0.222 e. The molecule has 0 saturated carbocycles. The Morgan fingerprint density at radius 3 is 2.46 bits per heavy atom. The third-order valence-electron chi connectivity index (χ3n) is 3.35. The number of aliphatic imine (C=N–C) groups is 1. The van der Waals surface area contributed by atoms with Crippen LogP contribution in [0.4, 0.5) is 0 Å². The minimum atomic E-state index is 0. The first-order valence-electron chi connectivity index (χ1n) is 8.59. The fraction of sp³-hybridized carbons (Fsp3) is 0.556. The monoisotopic (exact) mass is 446 g/mol. The van der Waals surface area contributed by atoms with E-state index in [1.165, 1.54) is 12.8 Å². The molecule has 0 atom stereocenters. The molecule has 0 spiro atoms. The van der Waals surface area contributed by atoms with Crippen molar-refractivity contribution >= 4 is 35.8 Å². The third kappa shape index (κ3) is 11.3. The highest BCUT2D eigenvalue weighted by molar-refractivity contribution is 14.0. The van der Waals surface area contributed by atoms with Crippen LogP contribution in [0.2, 0.25) is 0 Å². The highest BCUT2D eigenvalue weighted by Gasteiger charge is 2.02. The second-order valence-corrected chi connectivity index (χ2v) is 5.41. The van der Waals surface area contributed by atoms with E-state index in [1.54, 1.807) is 0 Å². The zero-order valence-electron chi connectivity index (χ0n) is 14.8. The molecule has 24 heavy (non-hydrogen) atoms. The van der Waals surface area contributed by atoms with Crippen molar-refractivity contribution in [2.75, 3.05) is 19.6 Å². The number of guanidine groups is 1. The number of unbranched alkanes of at least 4 members (excludes halogenated alkanes) is 2. The van der Waals surface area contributed by atoms with Gasteiger partial charge in [-0.3, -0.25) is 9.79 Å². The summed E-state index contributed by atoms with van der Waals surface area (Å²) in [7, 11) is 0. The van der Waals surface area contributed by atoms with Crippen LogP contribution < -0.4 is 16.0 Å². The maximum Gasteiger partial charge on any atom is 0.222 e. The van der Waals surface area contributed by atoms with Crippen molar-refractivity contribution in [1.82, 2.24) is 16.0 Å². The standard InChI is InChI=1S/C18H30N4O.HI/c1-3-5-9-13-20-18(19-4-2)21-14-12-17(23)22-15-16-10-7-6-8-11-16;/h6-8,10-11H,3-5,9,12-15H2,1-2H3,(H,22,23)(H2,19,20,21);1H. The van der Waals surface area contributed by atoms with Crippen molar-refractivity contribution in [3.63, 3.8) is 0 Å². The number of nitrogens with zero attached hydrogens (tertiary/aromatic N) is 1. The molecule has 0 aliphatic carbocycles. The number of halogens is 1. The summed E-state index contributed by atoms with van der Waals surface area (Å²) < 4.78 is 0. The van der Waals surface area contributed by atoms with Crippen LogP contribution in [0.1, 0.15) is 45.1 Å². The summed E-state index contributed by atoms with van der Waals surface area (Å²) in [6.07, 6.45) is 3.93. The Hall–Kier alpha value is -1.31. The molecule has 0 fully saturated rings. The van der Waals surface area contributed by atoms with Gasteiger partial charge >= 0.3 is 0 Å². The van der Waals surface area contributed by atoms with Crippen LogP contribution in [0.3, 0.4) is 0 Å². The molecule has 0 saturated heterocycles. The van der Waals surface area contributed by atoms with Gasteiger partial charge in [-0.25, -0.2) is 0 Å². The number of carbonyl (C=O) groups is 1. The number of nitrogens with one attached hydrogen (secondary N) is 3.